The maximum atomic E-state index is 12.9. The molecule has 3 aromatic rings. The first-order valence-corrected chi connectivity index (χ1v) is 11.1. The molecular formula is C23H27BrN4O2. The second-order valence-electron chi connectivity index (χ2n) is 8.13. The number of fused-ring (bicyclic) bond motifs is 1. The van der Waals surface area contributed by atoms with Crippen LogP contribution in [-0.4, -0.2) is 27.8 Å². The van der Waals surface area contributed by atoms with Gasteiger partial charge in [-0.25, -0.2) is 9.67 Å². The van der Waals surface area contributed by atoms with Crippen LogP contribution in [0.5, 0.6) is 5.88 Å². The highest BCUT2D eigenvalue weighted by molar-refractivity contribution is 9.10. The summed E-state index contributed by atoms with van der Waals surface area (Å²) < 4.78 is 8.22. The van der Waals surface area contributed by atoms with Crippen LogP contribution in [-0.2, 0) is 23.8 Å². The van der Waals surface area contributed by atoms with Crippen molar-refractivity contribution >= 4 is 32.9 Å². The van der Waals surface area contributed by atoms with Gasteiger partial charge in [-0.05, 0) is 68.4 Å². The lowest BCUT2D eigenvalue weighted by atomic mass is 9.71. The van der Waals surface area contributed by atoms with Gasteiger partial charge in [0.2, 0.25) is 11.8 Å². The minimum atomic E-state index is -0.236. The molecule has 0 atom stereocenters. The average Bonchev–Trinajstić information content (AvgIpc) is 3.00. The zero-order valence-electron chi connectivity index (χ0n) is 17.9. The largest absolute Gasteiger partial charge is 0.479 e. The number of nitrogens with one attached hydrogen (secondary N) is 1. The molecule has 7 heteroatoms. The number of nitrogens with zero attached hydrogens (tertiary/aromatic N) is 3. The van der Waals surface area contributed by atoms with Gasteiger partial charge in [-0.3, -0.25) is 4.79 Å². The van der Waals surface area contributed by atoms with Gasteiger partial charge in [0.25, 0.3) is 0 Å². The van der Waals surface area contributed by atoms with Gasteiger partial charge in [-0.1, -0.05) is 28.1 Å². The van der Waals surface area contributed by atoms with E-state index in [2.05, 4.69) is 45.4 Å². The number of aromatic nitrogens is 3. The molecule has 0 aliphatic heterocycles. The number of halogens is 1. The van der Waals surface area contributed by atoms with Crippen molar-refractivity contribution in [2.75, 3.05) is 7.11 Å². The third-order valence-electron chi connectivity index (χ3n) is 6.28. The molecule has 158 valence electrons. The summed E-state index contributed by atoms with van der Waals surface area (Å²) in [6.07, 6.45) is 4.15. The number of amides is 1. The molecule has 1 fully saturated rings. The summed E-state index contributed by atoms with van der Waals surface area (Å²) in [4.78, 5) is 17.6. The Morgan fingerprint density at radius 3 is 2.73 bits per heavy atom. The molecule has 1 aliphatic carbocycles. The Bertz CT molecular complexity index is 1120. The van der Waals surface area contributed by atoms with E-state index in [0.29, 0.717) is 18.7 Å². The van der Waals surface area contributed by atoms with Gasteiger partial charge in [-0.2, -0.15) is 0 Å². The minimum absolute atomic E-state index is 0.0757. The van der Waals surface area contributed by atoms with Crippen molar-refractivity contribution in [1.82, 2.24) is 20.1 Å². The third kappa shape index (κ3) is 3.60. The number of pyridine rings is 1. The van der Waals surface area contributed by atoms with Crippen molar-refractivity contribution in [2.45, 2.75) is 51.5 Å². The first-order valence-electron chi connectivity index (χ1n) is 10.3. The quantitative estimate of drug-likeness (QED) is 0.576. The van der Waals surface area contributed by atoms with Gasteiger partial charge in [0, 0.05) is 23.6 Å². The highest BCUT2D eigenvalue weighted by Gasteiger charge is 2.40. The number of aryl methyl sites for hydroxylation is 3. The minimum Gasteiger partial charge on any atom is -0.479 e. The Kier molecular flexibility index (Phi) is 5.57. The van der Waals surface area contributed by atoms with Crippen molar-refractivity contribution in [1.29, 1.82) is 0 Å². The first-order chi connectivity index (χ1) is 14.3. The second kappa shape index (κ2) is 8.02. The fourth-order valence-electron chi connectivity index (χ4n) is 4.48. The van der Waals surface area contributed by atoms with Crippen molar-refractivity contribution in [2.24, 2.45) is 7.05 Å². The summed E-state index contributed by atoms with van der Waals surface area (Å²) in [5.41, 5.74) is 4.85. The average molecular weight is 471 g/mol. The molecule has 0 bridgehead atoms. The lowest BCUT2D eigenvalue weighted by Gasteiger charge is -2.43. The van der Waals surface area contributed by atoms with E-state index in [-0.39, 0.29) is 11.4 Å². The van der Waals surface area contributed by atoms with E-state index in [1.165, 1.54) is 5.56 Å². The molecule has 1 aliphatic rings. The molecule has 1 amide bonds. The molecule has 2 aromatic heterocycles. The normalized spacial score (nSPS) is 15.1. The Morgan fingerprint density at radius 2 is 2.10 bits per heavy atom. The van der Waals surface area contributed by atoms with Crippen LogP contribution < -0.4 is 10.1 Å². The molecule has 0 spiro atoms. The summed E-state index contributed by atoms with van der Waals surface area (Å²) in [5, 5.41) is 8.65. The molecular weight excluding hydrogens is 444 g/mol. The summed E-state index contributed by atoms with van der Waals surface area (Å²) in [6, 6.07) is 8.25. The van der Waals surface area contributed by atoms with Crippen molar-refractivity contribution in [3.63, 3.8) is 0 Å². The van der Waals surface area contributed by atoms with Crippen LogP contribution in [0.4, 0.5) is 0 Å². The SMILES string of the molecule is COc1nn(C)c2nc(C)c(CCC(=O)NC3(c4cccc(Br)c4)CCC3)c(C)c12. The Balaban J connectivity index is 1.53. The molecule has 6 nitrogen and oxygen atoms in total. The number of ether oxygens (including phenoxy) is 1. The topological polar surface area (TPSA) is 69.0 Å². The standard InChI is InChI=1S/C23H27BrN4O2/c1-14-18(15(2)25-21-20(14)22(30-4)27-28(21)3)9-10-19(29)26-23(11-6-12-23)16-7-5-8-17(24)13-16/h5,7-8,13H,6,9-12H2,1-4H3,(H,26,29). The van der Waals surface area contributed by atoms with Crippen molar-refractivity contribution in [3.8, 4) is 5.88 Å². The molecule has 4 rings (SSSR count). The van der Waals surface area contributed by atoms with E-state index in [9.17, 15) is 4.79 Å². The molecule has 0 unspecified atom stereocenters. The number of rotatable bonds is 6. The second-order valence-corrected chi connectivity index (χ2v) is 9.04. The van der Waals surface area contributed by atoms with Crippen LogP contribution >= 0.6 is 15.9 Å². The van der Waals surface area contributed by atoms with Gasteiger partial charge in [-0.15, -0.1) is 5.10 Å². The van der Waals surface area contributed by atoms with Crippen LogP contribution in [0.3, 0.4) is 0 Å². The lowest BCUT2D eigenvalue weighted by molar-refractivity contribution is -0.124. The first kappa shape index (κ1) is 20.8. The van der Waals surface area contributed by atoms with Crippen LogP contribution in [0.25, 0.3) is 11.0 Å². The van der Waals surface area contributed by atoms with E-state index in [1.54, 1.807) is 11.8 Å². The smallest absolute Gasteiger partial charge is 0.242 e. The van der Waals surface area contributed by atoms with E-state index in [0.717, 1.165) is 51.6 Å². The third-order valence-corrected chi connectivity index (χ3v) is 6.77. The maximum Gasteiger partial charge on any atom is 0.242 e. The fourth-order valence-corrected chi connectivity index (χ4v) is 4.88. The number of hydrogen-bond donors (Lipinski definition) is 1. The summed E-state index contributed by atoms with van der Waals surface area (Å²) >= 11 is 3.55. The molecule has 0 radical (unpaired) electrons. The Labute approximate surface area is 185 Å². The Hall–Kier alpha value is -2.41. The molecule has 0 saturated heterocycles. The number of methoxy groups -OCH3 is 1. The van der Waals surface area contributed by atoms with Gasteiger partial charge < -0.3 is 10.1 Å². The van der Waals surface area contributed by atoms with Crippen molar-refractivity contribution < 1.29 is 9.53 Å². The molecule has 1 aromatic carbocycles. The molecule has 30 heavy (non-hydrogen) atoms. The number of carbonyl (C=O) groups excluding carboxylic acids is 1. The maximum absolute atomic E-state index is 12.9. The zero-order chi connectivity index (χ0) is 21.5. The van der Waals surface area contributed by atoms with E-state index in [4.69, 9.17) is 9.72 Å². The number of benzene rings is 1. The van der Waals surface area contributed by atoms with Gasteiger partial charge in [0.15, 0.2) is 5.65 Å². The van der Waals surface area contributed by atoms with Gasteiger partial charge in [0.05, 0.1) is 18.0 Å². The highest BCUT2D eigenvalue weighted by Crippen LogP contribution is 2.42. The van der Waals surface area contributed by atoms with E-state index >= 15 is 0 Å². The van der Waals surface area contributed by atoms with Crippen LogP contribution in [0.1, 0.15) is 48.1 Å². The number of carbonyl (C=O) groups is 1. The van der Waals surface area contributed by atoms with Crippen LogP contribution in [0.15, 0.2) is 28.7 Å². The summed E-state index contributed by atoms with van der Waals surface area (Å²) in [6.45, 7) is 4.05. The predicted molar refractivity (Wildman–Crippen MR) is 121 cm³/mol. The van der Waals surface area contributed by atoms with E-state index < -0.39 is 0 Å². The summed E-state index contributed by atoms with van der Waals surface area (Å²) in [7, 11) is 3.48. The van der Waals surface area contributed by atoms with Gasteiger partial charge >= 0.3 is 0 Å². The monoisotopic (exact) mass is 470 g/mol. The Morgan fingerprint density at radius 1 is 1.33 bits per heavy atom. The predicted octanol–water partition coefficient (Wildman–Crippen LogP) is 4.48. The summed E-state index contributed by atoms with van der Waals surface area (Å²) in [5.74, 6) is 0.651. The van der Waals surface area contributed by atoms with Crippen LogP contribution in [0, 0.1) is 13.8 Å². The molecule has 1 saturated carbocycles. The van der Waals surface area contributed by atoms with E-state index in [1.807, 2.05) is 26.1 Å². The highest BCUT2D eigenvalue weighted by atomic mass is 79.9. The van der Waals surface area contributed by atoms with Crippen LogP contribution in [0.2, 0.25) is 0 Å². The lowest BCUT2D eigenvalue weighted by Crippen LogP contribution is -2.50. The zero-order valence-corrected chi connectivity index (χ0v) is 19.5. The van der Waals surface area contributed by atoms with Crippen molar-refractivity contribution in [3.05, 3.63) is 51.1 Å². The van der Waals surface area contributed by atoms with Gasteiger partial charge in [0.1, 0.15) is 0 Å². The fraction of sp³-hybridized carbons (Fsp3) is 0.435. The molecule has 2 heterocycles. The molecule has 1 N–H and O–H groups in total. The number of hydrogen-bond acceptors (Lipinski definition) is 4.